The van der Waals surface area contributed by atoms with Crippen molar-refractivity contribution in [3.8, 4) is 0 Å². The molecule has 2 atom stereocenters. The van der Waals surface area contributed by atoms with E-state index in [0.717, 1.165) is 25.9 Å². The van der Waals surface area contributed by atoms with Crippen molar-refractivity contribution < 1.29 is 13.2 Å². The zero-order chi connectivity index (χ0) is 17.4. The van der Waals surface area contributed by atoms with Gasteiger partial charge in [-0.3, -0.25) is 4.79 Å². The van der Waals surface area contributed by atoms with E-state index in [-0.39, 0.29) is 16.8 Å². The number of rotatable bonds is 8. The Labute approximate surface area is 148 Å². The highest BCUT2D eigenvalue weighted by Crippen LogP contribution is 2.11. The minimum Gasteiger partial charge on any atom is -0.351 e. The van der Waals surface area contributed by atoms with E-state index in [0.29, 0.717) is 12.2 Å². The van der Waals surface area contributed by atoms with Crippen molar-refractivity contribution in [3.05, 3.63) is 30.3 Å². The Balaban J connectivity index is 2.05. The fraction of sp³-hybridized carbons (Fsp3) is 0.562. The fourth-order valence-corrected chi connectivity index (χ4v) is 4.33. The Morgan fingerprint density at radius 2 is 2.12 bits per heavy atom. The topological polar surface area (TPSA) is 87.3 Å². The molecule has 3 N–H and O–H groups in total. The Morgan fingerprint density at radius 1 is 1.38 bits per heavy atom. The molecule has 0 bridgehead atoms. The third kappa shape index (κ3) is 5.77. The summed E-state index contributed by atoms with van der Waals surface area (Å²) in [7, 11) is -3.71. The van der Waals surface area contributed by atoms with Crippen LogP contribution in [0.15, 0.2) is 35.2 Å². The van der Waals surface area contributed by atoms with E-state index >= 15 is 0 Å². The second-order valence-corrected chi connectivity index (χ2v) is 8.52. The SMILES string of the molecule is CSCCC(NS(=O)(=O)c1ccccc1)C(=O)NC1CCCNC1. The molecule has 1 aliphatic heterocycles. The van der Waals surface area contributed by atoms with Gasteiger partial charge >= 0.3 is 0 Å². The molecule has 2 unspecified atom stereocenters. The van der Waals surface area contributed by atoms with Crippen LogP contribution in [0.25, 0.3) is 0 Å². The van der Waals surface area contributed by atoms with Crippen LogP contribution in [-0.2, 0) is 14.8 Å². The van der Waals surface area contributed by atoms with Crippen LogP contribution in [0.1, 0.15) is 19.3 Å². The van der Waals surface area contributed by atoms with Gasteiger partial charge in [0.2, 0.25) is 15.9 Å². The Morgan fingerprint density at radius 3 is 2.75 bits per heavy atom. The Bertz CT molecular complexity index is 617. The van der Waals surface area contributed by atoms with Crippen LogP contribution in [0.5, 0.6) is 0 Å². The lowest BCUT2D eigenvalue weighted by molar-refractivity contribution is -0.123. The number of hydrogen-bond acceptors (Lipinski definition) is 5. The van der Waals surface area contributed by atoms with Crippen LogP contribution < -0.4 is 15.4 Å². The van der Waals surface area contributed by atoms with Gasteiger partial charge < -0.3 is 10.6 Å². The molecule has 2 rings (SSSR count). The van der Waals surface area contributed by atoms with Gasteiger partial charge in [-0.05, 0) is 49.9 Å². The molecule has 0 aliphatic carbocycles. The second-order valence-electron chi connectivity index (χ2n) is 5.82. The first-order valence-electron chi connectivity index (χ1n) is 8.10. The van der Waals surface area contributed by atoms with Crippen LogP contribution in [0.4, 0.5) is 0 Å². The number of hydrogen-bond donors (Lipinski definition) is 3. The molecule has 0 aromatic heterocycles. The predicted molar refractivity (Wildman–Crippen MR) is 97.6 cm³/mol. The third-order valence-electron chi connectivity index (χ3n) is 3.92. The van der Waals surface area contributed by atoms with E-state index in [9.17, 15) is 13.2 Å². The van der Waals surface area contributed by atoms with Crippen LogP contribution >= 0.6 is 11.8 Å². The molecule has 0 spiro atoms. The minimum atomic E-state index is -3.71. The maximum atomic E-state index is 12.6. The zero-order valence-electron chi connectivity index (χ0n) is 13.8. The molecule has 1 aromatic rings. The largest absolute Gasteiger partial charge is 0.351 e. The quantitative estimate of drug-likeness (QED) is 0.633. The average Bonchev–Trinajstić information content (AvgIpc) is 2.60. The standard InChI is InChI=1S/C16H25N3O3S2/c1-23-11-9-15(16(20)18-13-6-5-10-17-12-13)19-24(21,22)14-7-3-2-4-8-14/h2-4,7-8,13,15,17,19H,5-6,9-12H2,1H3,(H,18,20). The fourth-order valence-electron chi connectivity index (χ4n) is 2.61. The number of amides is 1. The summed E-state index contributed by atoms with van der Waals surface area (Å²) in [4.78, 5) is 12.7. The van der Waals surface area contributed by atoms with Crippen molar-refractivity contribution in [2.24, 2.45) is 0 Å². The lowest BCUT2D eigenvalue weighted by atomic mass is 10.1. The van der Waals surface area contributed by atoms with E-state index < -0.39 is 16.1 Å². The number of carbonyl (C=O) groups excluding carboxylic acids is 1. The average molecular weight is 372 g/mol. The van der Waals surface area contributed by atoms with E-state index in [1.807, 2.05) is 6.26 Å². The van der Waals surface area contributed by atoms with Crippen molar-refractivity contribution in [3.63, 3.8) is 0 Å². The molecule has 1 fully saturated rings. The molecule has 0 radical (unpaired) electrons. The molecule has 1 heterocycles. The maximum absolute atomic E-state index is 12.6. The molecule has 1 aliphatic rings. The summed E-state index contributed by atoms with van der Waals surface area (Å²) < 4.78 is 27.5. The highest BCUT2D eigenvalue weighted by molar-refractivity contribution is 7.98. The summed E-state index contributed by atoms with van der Waals surface area (Å²) in [6.07, 6.45) is 4.32. The van der Waals surface area contributed by atoms with Crippen molar-refractivity contribution >= 4 is 27.7 Å². The number of benzene rings is 1. The molecule has 134 valence electrons. The van der Waals surface area contributed by atoms with Gasteiger partial charge in [-0.2, -0.15) is 16.5 Å². The van der Waals surface area contributed by atoms with E-state index in [2.05, 4.69) is 15.4 Å². The van der Waals surface area contributed by atoms with Crippen LogP contribution in [0, 0.1) is 0 Å². The summed E-state index contributed by atoms with van der Waals surface area (Å²) in [6.45, 7) is 1.69. The number of nitrogens with one attached hydrogen (secondary N) is 3. The Kier molecular flexibility index (Phi) is 7.54. The van der Waals surface area contributed by atoms with Crippen molar-refractivity contribution in [1.82, 2.24) is 15.4 Å². The van der Waals surface area contributed by atoms with E-state index in [1.165, 1.54) is 12.1 Å². The first-order valence-corrected chi connectivity index (χ1v) is 11.0. The highest BCUT2D eigenvalue weighted by atomic mass is 32.2. The second kappa shape index (κ2) is 9.41. The summed E-state index contributed by atoms with van der Waals surface area (Å²) >= 11 is 1.59. The first-order chi connectivity index (χ1) is 11.5. The molecule has 1 saturated heterocycles. The maximum Gasteiger partial charge on any atom is 0.241 e. The summed E-state index contributed by atoms with van der Waals surface area (Å²) in [5, 5.41) is 6.20. The molecule has 1 aromatic carbocycles. The molecule has 8 heteroatoms. The van der Waals surface area contributed by atoms with Gasteiger partial charge in [0.05, 0.1) is 4.90 Å². The van der Waals surface area contributed by atoms with E-state index in [4.69, 9.17) is 0 Å². The van der Waals surface area contributed by atoms with Gasteiger partial charge in [-0.25, -0.2) is 8.42 Å². The van der Waals surface area contributed by atoms with Crippen molar-refractivity contribution in [2.45, 2.75) is 36.2 Å². The summed E-state index contributed by atoms with van der Waals surface area (Å²) in [5.41, 5.74) is 0. The molecule has 0 saturated carbocycles. The monoisotopic (exact) mass is 371 g/mol. The number of carbonyl (C=O) groups is 1. The van der Waals surface area contributed by atoms with Gasteiger partial charge in [0.25, 0.3) is 0 Å². The molecular weight excluding hydrogens is 346 g/mol. The lowest BCUT2D eigenvalue weighted by Crippen LogP contribution is -2.53. The predicted octanol–water partition coefficient (Wildman–Crippen LogP) is 0.955. The van der Waals surface area contributed by atoms with Gasteiger partial charge in [0.15, 0.2) is 0 Å². The summed E-state index contributed by atoms with van der Waals surface area (Å²) in [5.74, 6) is 0.454. The summed E-state index contributed by atoms with van der Waals surface area (Å²) in [6, 6.07) is 7.44. The number of thioether (sulfide) groups is 1. The zero-order valence-corrected chi connectivity index (χ0v) is 15.5. The molecule has 24 heavy (non-hydrogen) atoms. The van der Waals surface area contributed by atoms with Gasteiger partial charge in [-0.15, -0.1) is 0 Å². The number of sulfonamides is 1. The highest BCUT2D eigenvalue weighted by Gasteiger charge is 2.27. The van der Waals surface area contributed by atoms with Gasteiger partial charge in [0.1, 0.15) is 6.04 Å². The number of piperidine rings is 1. The molecule has 1 amide bonds. The Hall–Kier alpha value is -1.09. The first kappa shape index (κ1) is 19.2. The van der Waals surface area contributed by atoms with Crippen LogP contribution in [-0.4, -0.2) is 51.5 Å². The normalized spacial score (nSPS) is 19.6. The molecular formula is C16H25N3O3S2. The lowest BCUT2D eigenvalue weighted by Gasteiger charge is -2.26. The van der Waals surface area contributed by atoms with Gasteiger partial charge in [-0.1, -0.05) is 18.2 Å². The minimum absolute atomic E-state index is 0.0595. The van der Waals surface area contributed by atoms with Crippen molar-refractivity contribution in [2.75, 3.05) is 25.1 Å². The smallest absolute Gasteiger partial charge is 0.241 e. The van der Waals surface area contributed by atoms with Crippen LogP contribution in [0.2, 0.25) is 0 Å². The van der Waals surface area contributed by atoms with Crippen LogP contribution in [0.3, 0.4) is 0 Å². The third-order valence-corrected chi connectivity index (χ3v) is 6.05. The van der Waals surface area contributed by atoms with E-state index in [1.54, 1.807) is 30.0 Å². The molecule has 6 nitrogen and oxygen atoms in total. The van der Waals surface area contributed by atoms with Crippen molar-refractivity contribution in [1.29, 1.82) is 0 Å². The van der Waals surface area contributed by atoms with Gasteiger partial charge in [0, 0.05) is 12.6 Å².